The summed E-state index contributed by atoms with van der Waals surface area (Å²) in [5, 5.41) is 0. The number of hydrogen-bond donors (Lipinski definition) is 0. The lowest BCUT2D eigenvalue weighted by molar-refractivity contribution is 0.411. The molecule has 0 aliphatic rings. The molecule has 0 fully saturated rings. The van der Waals surface area contributed by atoms with Crippen LogP contribution in [-0.4, -0.2) is 22.1 Å². The Bertz CT molecular complexity index is 801. The highest BCUT2D eigenvalue weighted by Gasteiger charge is 2.24. The molecule has 0 bridgehead atoms. The number of methoxy groups -OCH3 is 1. The minimum Gasteiger partial charge on any atom is -0.496 e. The molecule has 122 valence electrons. The molecule has 0 unspecified atom stereocenters. The van der Waals surface area contributed by atoms with E-state index >= 15 is 0 Å². The standard InChI is InChI=1S/C17H18BrNO3S/c1-4-11-19(15-7-5-14(18)6-8-15)23(20,21)16-9-10-17(22-3)13(2)12-16/h4-10,12H,1,11H2,2-3H3. The SMILES string of the molecule is C=CCN(c1ccc(Br)cc1)S(=O)(=O)c1ccc(OC)c(C)c1. The first-order valence-corrected chi connectivity index (χ1v) is 9.17. The normalized spacial score (nSPS) is 11.1. The maximum Gasteiger partial charge on any atom is 0.264 e. The number of nitrogens with zero attached hydrogens (tertiary/aromatic N) is 1. The van der Waals surface area contributed by atoms with E-state index < -0.39 is 10.0 Å². The summed E-state index contributed by atoms with van der Waals surface area (Å²) < 4.78 is 33.4. The Morgan fingerprint density at radius 2 is 1.87 bits per heavy atom. The van der Waals surface area contributed by atoms with Crippen LogP contribution < -0.4 is 9.04 Å². The van der Waals surface area contributed by atoms with Gasteiger partial charge in [0, 0.05) is 4.47 Å². The van der Waals surface area contributed by atoms with Crippen LogP contribution in [0.5, 0.6) is 5.75 Å². The van der Waals surface area contributed by atoms with E-state index in [2.05, 4.69) is 22.5 Å². The van der Waals surface area contributed by atoms with Crippen LogP contribution in [0.4, 0.5) is 5.69 Å². The summed E-state index contributed by atoms with van der Waals surface area (Å²) in [4.78, 5) is 0.223. The van der Waals surface area contributed by atoms with Crippen molar-refractivity contribution < 1.29 is 13.2 Å². The average molecular weight is 396 g/mol. The van der Waals surface area contributed by atoms with Gasteiger partial charge in [-0.2, -0.15) is 0 Å². The second kappa shape index (κ2) is 7.19. The van der Waals surface area contributed by atoms with Gasteiger partial charge >= 0.3 is 0 Å². The highest BCUT2D eigenvalue weighted by atomic mass is 79.9. The maximum absolute atomic E-state index is 13.0. The number of aryl methyl sites for hydroxylation is 1. The molecule has 23 heavy (non-hydrogen) atoms. The zero-order chi connectivity index (χ0) is 17.0. The van der Waals surface area contributed by atoms with E-state index in [1.54, 1.807) is 55.7 Å². The van der Waals surface area contributed by atoms with Crippen molar-refractivity contribution in [1.29, 1.82) is 0 Å². The van der Waals surface area contributed by atoms with Crippen molar-refractivity contribution in [3.63, 3.8) is 0 Å². The van der Waals surface area contributed by atoms with Crippen molar-refractivity contribution >= 4 is 31.6 Å². The summed E-state index contributed by atoms with van der Waals surface area (Å²) in [5.41, 5.74) is 1.35. The quantitative estimate of drug-likeness (QED) is 0.690. The predicted molar refractivity (Wildman–Crippen MR) is 96.6 cm³/mol. The topological polar surface area (TPSA) is 46.6 Å². The fraction of sp³-hybridized carbons (Fsp3) is 0.176. The number of sulfonamides is 1. The first kappa shape index (κ1) is 17.6. The van der Waals surface area contributed by atoms with E-state index in [0.717, 1.165) is 10.0 Å². The molecular formula is C17H18BrNO3S. The van der Waals surface area contributed by atoms with E-state index in [-0.39, 0.29) is 11.4 Å². The van der Waals surface area contributed by atoms with Crippen LogP contribution >= 0.6 is 15.9 Å². The fourth-order valence-electron chi connectivity index (χ4n) is 2.21. The van der Waals surface area contributed by atoms with Gasteiger partial charge in [0.05, 0.1) is 24.2 Å². The molecular weight excluding hydrogens is 378 g/mol. The number of anilines is 1. The van der Waals surface area contributed by atoms with Gasteiger partial charge in [-0.15, -0.1) is 6.58 Å². The number of rotatable bonds is 6. The molecule has 0 aliphatic heterocycles. The first-order valence-electron chi connectivity index (χ1n) is 6.94. The molecule has 0 atom stereocenters. The van der Waals surface area contributed by atoms with Gasteiger partial charge in [0.25, 0.3) is 10.0 Å². The van der Waals surface area contributed by atoms with Crippen molar-refractivity contribution in [1.82, 2.24) is 0 Å². The summed E-state index contributed by atoms with van der Waals surface area (Å²) in [6.07, 6.45) is 1.57. The zero-order valence-corrected chi connectivity index (χ0v) is 15.4. The summed E-state index contributed by atoms with van der Waals surface area (Å²) in [7, 11) is -2.13. The van der Waals surface area contributed by atoms with Crippen molar-refractivity contribution in [3.05, 3.63) is 65.2 Å². The number of hydrogen-bond acceptors (Lipinski definition) is 3. The van der Waals surface area contributed by atoms with E-state index in [0.29, 0.717) is 11.4 Å². The first-order chi connectivity index (χ1) is 10.9. The van der Waals surface area contributed by atoms with Crippen molar-refractivity contribution in [3.8, 4) is 5.75 Å². The lowest BCUT2D eigenvalue weighted by Gasteiger charge is -2.23. The molecule has 0 N–H and O–H groups in total. The number of halogens is 1. The van der Waals surface area contributed by atoms with Crippen LogP contribution in [-0.2, 0) is 10.0 Å². The van der Waals surface area contributed by atoms with Gasteiger partial charge in [0.2, 0.25) is 0 Å². The average Bonchev–Trinajstić information content (AvgIpc) is 2.53. The Hall–Kier alpha value is -1.79. The number of ether oxygens (including phenoxy) is 1. The van der Waals surface area contributed by atoms with E-state index in [4.69, 9.17) is 4.74 Å². The largest absolute Gasteiger partial charge is 0.496 e. The van der Waals surface area contributed by atoms with Crippen molar-refractivity contribution in [2.75, 3.05) is 18.0 Å². The highest BCUT2D eigenvalue weighted by Crippen LogP contribution is 2.28. The van der Waals surface area contributed by atoms with Gasteiger partial charge < -0.3 is 4.74 Å². The van der Waals surface area contributed by atoms with Gasteiger partial charge in [-0.1, -0.05) is 22.0 Å². The molecule has 0 aliphatic carbocycles. The second-order valence-electron chi connectivity index (χ2n) is 4.93. The highest BCUT2D eigenvalue weighted by molar-refractivity contribution is 9.10. The van der Waals surface area contributed by atoms with Gasteiger partial charge in [0.15, 0.2) is 0 Å². The molecule has 0 saturated heterocycles. The molecule has 0 aromatic heterocycles. The van der Waals surface area contributed by atoms with Crippen LogP contribution in [0.3, 0.4) is 0 Å². The predicted octanol–water partition coefficient (Wildman–Crippen LogP) is 4.15. The minimum atomic E-state index is -3.69. The lowest BCUT2D eigenvalue weighted by atomic mass is 10.2. The van der Waals surface area contributed by atoms with Crippen LogP contribution in [0, 0.1) is 6.92 Å². The van der Waals surface area contributed by atoms with E-state index in [9.17, 15) is 8.42 Å². The summed E-state index contributed by atoms with van der Waals surface area (Å²) in [6, 6.07) is 11.9. The third-order valence-corrected chi connectivity index (χ3v) is 5.68. The fourth-order valence-corrected chi connectivity index (χ4v) is 3.99. The van der Waals surface area contributed by atoms with Gasteiger partial charge in [-0.25, -0.2) is 8.42 Å². The molecule has 2 aromatic rings. The molecule has 0 amide bonds. The Morgan fingerprint density at radius 3 is 2.39 bits per heavy atom. The monoisotopic (exact) mass is 395 g/mol. The molecule has 0 spiro atoms. The Balaban J connectivity index is 2.50. The smallest absolute Gasteiger partial charge is 0.264 e. The van der Waals surface area contributed by atoms with Crippen molar-refractivity contribution in [2.45, 2.75) is 11.8 Å². The Labute approximate surface area is 145 Å². The molecule has 0 radical (unpaired) electrons. The Morgan fingerprint density at radius 1 is 1.22 bits per heavy atom. The molecule has 4 nitrogen and oxygen atoms in total. The summed E-state index contributed by atoms with van der Waals surface area (Å²) in [5.74, 6) is 0.655. The third-order valence-electron chi connectivity index (χ3n) is 3.36. The third kappa shape index (κ3) is 3.76. The number of benzene rings is 2. The summed E-state index contributed by atoms with van der Waals surface area (Å²) >= 11 is 3.35. The van der Waals surface area contributed by atoms with Gasteiger partial charge in [-0.05, 0) is 55.0 Å². The minimum absolute atomic E-state index is 0.190. The maximum atomic E-state index is 13.0. The molecule has 2 aromatic carbocycles. The van der Waals surface area contributed by atoms with E-state index in [1.807, 2.05) is 6.92 Å². The molecule has 0 saturated carbocycles. The Kier molecular flexibility index (Phi) is 5.49. The summed E-state index contributed by atoms with van der Waals surface area (Å²) in [6.45, 7) is 5.66. The van der Waals surface area contributed by atoms with Crippen LogP contribution in [0.1, 0.15) is 5.56 Å². The zero-order valence-electron chi connectivity index (χ0n) is 13.0. The molecule has 2 rings (SSSR count). The van der Waals surface area contributed by atoms with Gasteiger partial charge in [0.1, 0.15) is 5.75 Å². The van der Waals surface area contributed by atoms with Gasteiger partial charge in [-0.3, -0.25) is 4.31 Å². The van der Waals surface area contributed by atoms with Crippen molar-refractivity contribution in [2.24, 2.45) is 0 Å². The van der Waals surface area contributed by atoms with E-state index in [1.165, 1.54) is 4.31 Å². The van der Waals surface area contributed by atoms with Crippen LogP contribution in [0.25, 0.3) is 0 Å². The lowest BCUT2D eigenvalue weighted by Crippen LogP contribution is -2.31. The van der Waals surface area contributed by atoms with Crippen LogP contribution in [0.2, 0.25) is 0 Å². The van der Waals surface area contributed by atoms with Crippen LogP contribution in [0.15, 0.2) is 64.5 Å². The second-order valence-corrected chi connectivity index (χ2v) is 7.71. The molecule has 0 heterocycles. The molecule has 6 heteroatoms.